The summed E-state index contributed by atoms with van der Waals surface area (Å²) in [5.41, 5.74) is 0. The van der Waals surface area contributed by atoms with Crippen LogP contribution in [0.1, 0.15) is 90.9 Å². The van der Waals surface area contributed by atoms with Crippen molar-refractivity contribution in [3.8, 4) is 0 Å². The molecule has 0 saturated carbocycles. The molecule has 0 amide bonds. The summed E-state index contributed by atoms with van der Waals surface area (Å²) in [6, 6.07) is 0. The van der Waals surface area contributed by atoms with E-state index in [1.54, 1.807) is 0 Å². The summed E-state index contributed by atoms with van der Waals surface area (Å²) < 4.78 is 5.43. The van der Waals surface area contributed by atoms with Crippen molar-refractivity contribution >= 4 is 11.9 Å². The van der Waals surface area contributed by atoms with Gasteiger partial charge in [-0.2, -0.15) is 0 Å². The van der Waals surface area contributed by atoms with E-state index in [1.165, 1.54) is 0 Å². The molecule has 0 fully saturated rings. The zero-order valence-electron chi connectivity index (χ0n) is 19.5. The van der Waals surface area contributed by atoms with Crippen LogP contribution in [0.3, 0.4) is 0 Å². The molecule has 0 radical (unpaired) electrons. The Morgan fingerprint density at radius 1 is 0.742 bits per heavy atom. The molecule has 0 bridgehead atoms. The van der Waals surface area contributed by atoms with Crippen LogP contribution in [0.25, 0.3) is 0 Å². The van der Waals surface area contributed by atoms with Gasteiger partial charge in [0.1, 0.15) is 6.10 Å². The molecule has 0 aromatic heterocycles. The van der Waals surface area contributed by atoms with E-state index in [0.717, 1.165) is 51.4 Å². The van der Waals surface area contributed by atoms with Gasteiger partial charge in [-0.25, -0.2) is 0 Å². The Hall–Kier alpha value is -2.36. The van der Waals surface area contributed by atoms with Crippen molar-refractivity contribution in [2.75, 3.05) is 0 Å². The first-order valence-electron chi connectivity index (χ1n) is 11.8. The Balaban J connectivity index is 3.70. The van der Waals surface area contributed by atoms with Gasteiger partial charge < -0.3 is 9.84 Å². The Morgan fingerprint density at radius 2 is 1.26 bits per heavy atom. The number of allylic oxidation sites excluding steroid dienone is 10. The van der Waals surface area contributed by atoms with E-state index < -0.39 is 5.97 Å². The number of carboxylic acids is 1. The molecular weight excluding hydrogens is 388 g/mol. The van der Waals surface area contributed by atoms with Crippen molar-refractivity contribution in [2.24, 2.45) is 0 Å². The highest BCUT2D eigenvalue weighted by molar-refractivity contribution is 5.69. The second-order valence-electron chi connectivity index (χ2n) is 7.41. The molecule has 0 heterocycles. The smallest absolute Gasteiger partial charge is 0.306 e. The van der Waals surface area contributed by atoms with Crippen LogP contribution < -0.4 is 0 Å². The van der Waals surface area contributed by atoms with Gasteiger partial charge in [-0.05, 0) is 64.2 Å². The third kappa shape index (κ3) is 22.2. The molecule has 0 aromatic carbocycles. The maximum absolute atomic E-state index is 11.9. The van der Waals surface area contributed by atoms with Crippen LogP contribution in [0.4, 0.5) is 0 Å². The number of esters is 1. The molecule has 0 aliphatic carbocycles. The topological polar surface area (TPSA) is 63.6 Å². The molecule has 0 rings (SSSR count). The molecule has 0 aliphatic rings. The van der Waals surface area contributed by atoms with Gasteiger partial charge in [0, 0.05) is 12.8 Å². The van der Waals surface area contributed by atoms with E-state index in [-0.39, 0.29) is 18.5 Å². The van der Waals surface area contributed by atoms with Crippen molar-refractivity contribution in [3.05, 3.63) is 60.8 Å². The number of rotatable bonds is 19. The number of carbonyl (C=O) groups is 2. The molecule has 1 atom stereocenters. The minimum atomic E-state index is -0.807. The third-order valence-corrected chi connectivity index (χ3v) is 4.58. The lowest BCUT2D eigenvalue weighted by atomic mass is 10.1. The Kier molecular flexibility index (Phi) is 20.6. The van der Waals surface area contributed by atoms with Crippen molar-refractivity contribution in [3.63, 3.8) is 0 Å². The largest absolute Gasteiger partial charge is 0.481 e. The number of aliphatic carboxylic acids is 1. The van der Waals surface area contributed by atoms with E-state index in [2.05, 4.69) is 67.7 Å². The molecular formula is C27H42O4. The van der Waals surface area contributed by atoms with Gasteiger partial charge in [0.25, 0.3) is 0 Å². The number of carboxylic acid groups (broad SMARTS) is 1. The predicted octanol–water partition coefficient (Wildman–Crippen LogP) is 7.48. The van der Waals surface area contributed by atoms with Gasteiger partial charge in [-0.1, -0.05) is 74.6 Å². The molecule has 0 aromatic rings. The van der Waals surface area contributed by atoms with Gasteiger partial charge in [-0.15, -0.1) is 0 Å². The van der Waals surface area contributed by atoms with Crippen LogP contribution in [0.15, 0.2) is 60.8 Å². The lowest BCUT2D eigenvalue weighted by Gasteiger charge is -2.15. The lowest BCUT2D eigenvalue weighted by molar-refractivity contribution is -0.149. The van der Waals surface area contributed by atoms with Gasteiger partial charge in [0.2, 0.25) is 0 Å². The Bertz CT molecular complexity index is 596. The summed E-state index contributed by atoms with van der Waals surface area (Å²) in [6.07, 6.45) is 30.5. The molecule has 4 heteroatoms. The summed E-state index contributed by atoms with van der Waals surface area (Å²) in [5.74, 6) is -0.993. The first kappa shape index (κ1) is 28.6. The zero-order valence-corrected chi connectivity index (χ0v) is 19.5. The van der Waals surface area contributed by atoms with E-state index in [0.29, 0.717) is 19.3 Å². The first-order valence-corrected chi connectivity index (χ1v) is 11.8. The second kappa shape index (κ2) is 22.3. The van der Waals surface area contributed by atoms with E-state index in [1.807, 2.05) is 6.92 Å². The SMILES string of the molecule is CC/C=C\C/C=C\C/C=C\C/C=C\C/C=C\CCCC(=O)OC(CC)CCCC(=O)O. The molecule has 1 unspecified atom stereocenters. The zero-order chi connectivity index (χ0) is 23.0. The van der Waals surface area contributed by atoms with Crippen molar-refractivity contribution < 1.29 is 19.4 Å². The molecule has 31 heavy (non-hydrogen) atoms. The normalized spacial score (nSPS) is 13.4. The van der Waals surface area contributed by atoms with Crippen LogP contribution in [0, 0.1) is 0 Å². The van der Waals surface area contributed by atoms with Crippen LogP contribution in [0.2, 0.25) is 0 Å². The fraction of sp³-hybridized carbons (Fsp3) is 0.556. The summed E-state index contributed by atoms with van der Waals surface area (Å²) >= 11 is 0. The van der Waals surface area contributed by atoms with Gasteiger partial charge in [0.05, 0.1) is 0 Å². The fourth-order valence-electron chi connectivity index (χ4n) is 2.80. The third-order valence-electron chi connectivity index (χ3n) is 4.58. The van der Waals surface area contributed by atoms with E-state index in [4.69, 9.17) is 9.84 Å². The van der Waals surface area contributed by atoms with E-state index >= 15 is 0 Å². The number of unbranched alkanes of at least 4 members (excludes halogenated alkanes) is 1. The monoisotopic (exact) mass is 430 g/mol. The Morgan fingerprint density at radius 3 is 1.74 bits per heavy atom. The van der Waals surface area contributed by atoms with E-state index in [9.17, 15) is 9.59 Å². The van der Waals surface area contributed by atoms with Crippen LogP contribution in [0.5, 0.6) is 0 Å². The summed E-state index contributed by atoms with van der Waals surface area (Å²) in [4.78, 5) is 22.4. The number of hydrogen-bond acceptors (Lipinski definition) is 3. The maximum atomic E-state index is 11.9. The average Bonchev–Trinajstić information content (AvgIpc) is 2.75. The van der Waals surface area contributed by atoms with Crippen LogP contribution >= 0.6 is 0 Å². The molecule has 174 valence electrons. The standard InChI is InChI=1S/C27H42O4/c1-3-5-6-7-8-9-10-11-12-13-14-15-16-17-18-19-20-24-27(30)31-25(4-2)22-21-23-26(28)29/h5-6,8-9,11-12,14-15,17-18,25H,3-4,7,10,13,16,19-24H2,1-2H3,(H,28,29)/b6-5-,9-8-,12-11-,15-14-,18-17-. The predicted molar refractivity (Wildman–Crippen MR) is 130 cm³/mol. The summed E-state index contributed by atoms with van der Waals surface area (Å²) in [7, 11) is 0. The van der Waals surface area contributed by atoms with Gasteiger partial charge in [0.15, 0.2) is 0 Å². The highest BCUT2D eigenvalue weighted by Crippen LogP contribution is 2.11. The number of carbonyl (C=O) groups excluding carboxylic acids is 1. The van der Waals surface area contributed by atoms with Crippen LogP contribution in [-0.4, -0.2) is 23.1 Å². The van der Waals surface area contributed by atoms with Crippen molar-refractivity contribution in [1.29, 1.82) is 0 Å². The second-order valence-corrected chi connectivity index (χ2v) is 7.41. The Labute approximate surface area is 189 Å². The van der Waals surface area contributed by atoms with Crippen molar-refractivity contribution in [1.82, 2.24) is 0 Å². The molecule has 4 nitrogen and oxygen atoms in total. The first-order chi connectivity index (χ1) is 15.1. The molecule has 0 spiro atoms. The maximum Gasteiger partial charge on any atom is 0.306 e. The minimum absolute atomic E-state index is 0.123. The lowest BCUT2D eigenvalue weighted by Crippen LogP contribution is -2.17. The minimum Gasteiger partial charge on any atom is -0.481 e. The number of ether oxygens (including phenoxy) is 1. The quantitative estimate of drug-likeness (QED) is 0.131. The van der Waals surface area contributed by atoms with Gasteiger partial charge >= 0.3 is 11.9 Å². The highest BCUT2D eigenvalue weighted by atomic mass is 16.5. The summed E-state index contributed by atoms with van der Waals surface area (Å²) in [6.45, 7) is 4.10. The summed E-state index contributed by atoms with van der Waals surface area (Å²) in [5, 5.41) is 8.67. The van der Waals surface area contributed by atoms with Crippen molar-refractivity contribution in [2.45, 2.75) is 97.0 Å². The van der Waals surface area contributed by atoms with Crippen LogP contribution in [-0.2, 0) is 14.3 Å². The molecule has 0 saturated heterocycles. The number of hydrogen-bond donors (Lipinski definition) is 1. The molecule has 1 N–H and O–H groups in total. The molecule has 0 aliphatic heterocycles. The van der Waals surface area contributed by atoms with Gasteiger partial charge in [-0.3, -0.25) is 9.59 Å². The fourth-order valence-corrected chi connectivity index (χ4v) is 2.80. The average molecular weight is 431 g/mol. The highest BCUT2D eigenvalue weighted by Gasteiger charge is 2.12.